The minimum absolute atomic E-state index is 0.0916. The number of rotatable bonds is 7. The zero-order valence-electron chi connectivity index (χ0n) is 13.1. The molecule has 3 N–H and O–H groups in total. The van der Waals surface area contributed by atoms with Gasteiger partial charge in [0.05, 0.1) is 11.3 Å². The number of carbonyl (C=O) groups excluding carboxylic acids is 1. The lowest BCUT2D eigenvalue weighted by Gasteiger charge is -2.07. The summed E-state index contributed by atoms with van der Waals surface area (Å²) >= 11 is 1.17. The van der Waals surface area contributed by atoms with Gasteiger partial charge in [0.2, 0.25) is 11.1 Å². The first kappa shape index (κ1) is 17.3. The molecule has 2 rings (SSSR count). The molecule has 0 fully saturated rings. The fourth-order valence-corrected chi connectivity index (χ4v) is 2.57. The number of halogens is 1. The number of hydrogen-bond acceptors (Lipinski definition) is 5. The van der Waals surface area contributed by atoms with E-state index in [2.05, 4.69) is 29.4 Å². The molecule has 1 heterocycles. The Bertz CT molecular complexity index is 674. The van der Waals surface area contributed by atoms with Crippen molar-refractivity contribution in [2.75, 3.05) is 18.1 Å². The van der Waals surface area contributed by atoms with Gasteiger partial charge in [-0.05, 0) is 24.5 Å². The van der Waals surface area contributed by atoms with Gasteiger partial charge in [-0.3, -0.25) is 4.79 Å². The van der Waals surface area contributed by atoms with E-state index in [1.165, 1.54) is 22.5 Å². The lowest BCUT2D eigenvalue weighted by molar-refractivity contribution is -0.118. The predicted molar refractivity (Wildman–Crippen MR) is 88.8 cm³/mol. The van der Waals surface area contributed by atoms with Crippen molar-refractivity contribution < 1.29 is 9.18 Å². The van der Waals surface area contributed by atoms with Gasteiger partial charge in [-0.2, -0.15) is 0 Å². The molecule has 0 radical (unpaired) electrons. The third kappa shape index (κ3) is 4.69. The van der Waals surface area contributed by atoms with E-state index >= 15 is 0 Å². The van der Waals surface area contributed by atoms with Crippen LogP contribution in [-0.4, -0.2) is 33.1 Å². The quantitative estimate of drug-likeness (QED) is 0.596. The molecule has 2 aromatic rings. The van der Waals surface area contributed by atoms with Gasteiger partial charge in [0.1, 0.15) is 5.82 Å². The SMILES string of the molecule is CC(C)CCNC(=O)CSc1nnc(-c2ccccc2F)n1N. The molecule has 0 aliphatic rings. The Hall–Kier alpha value is -2.09. The number of nitrogen functional groups attached to an aromatic ring is 1. The molecule has 6 nitrogen and oxygen atoms in total. The molecular weight excluding hydrogens is 317 g/mol. The summed E-state index contributed by atoms with van der Waals surface area (Å²) in [6.07, 6.45) is 0.931. The van der Waals surface area contributed by atoms with E-state index < -0.39 is 5.82 Å². The maximum Gasteiger partial charge on any atom is 0.230 e. The predicted octanol–water partition coefficient (Wildman–Crippen LogP) is 2.05. The van der Waals surface area contributed by atoms with E-state index in [1.54, 1.807) is 18.2 Å². The smallest absolute Gasteiger partial charge is 0.230 e. The largest absolute Gasteiger partial charge is 0.355 e. The molecule has 0 saturated carbocycles. The topological polar surface area (TPSA) is 85.8 Å². The minimum atomic E-state index is -0.422. The number of thioether (sulfide) groups is 1. The molecule has 1 amide bonds. The number of nitrogens with one attached hydrogen (secondary N) is 1. The Morgan fingerprint density at radius 1 is 1.39 bits per heavy atom. The van der Waals surface area contributed by atoms with Crippen LogP contribution in [0.4, 0.5) is 4.39 Å². The van der Waals surface area contributed by atoms with Crippen molar-refractivity contribution in [3.05, 3.63) is 30.1 Å². The number of benzene rings is 1. The first-order valence-electron chi connectivity index (χ1n) is 7.34. The average molecular weight is 337 g/mol. The monoisotopic (exact) mass is 337 g/mol. The number of hydrogen-bond donors (Lipinski definition) is 2. The zero-order valence-corrected chi connectivity index (χ0v) is 13.9. The maximum atomic E-state index is 13.8. The van der Waals surface area contributed by atoms with Crippen molar-refractivity contribution in [2.45, 2.75) is 25.4 Å². The first-order chi connectivity index (χ1) is 11.0. The highest BCUT2D eigenvalue weighted by atomic mass is 32.2. The highest BCUT2D eigenvalue weighted by Crippen LogP contribution is 2.23. The fraction of sp³-hybridized carbons (Fsp3) is 0.400. The molecular formula is C15H20FN5OS. The van der Waals surface area contributed by atoms with E-state index in [9.17, 15) is 9.18 Å². The summed E-state index contributed by atoms with van der Waals surface area (Å²) < 4.78 is 15.0. The summed E-state index contributed by atoms with van der Waals surface area (Å²) in [5.41, 5.74) is 0.274. The Labute approximate surface area is 138 Å². The van der Waals surface area contributed by atoms with Crippen LogP contribution < -0.4 is 11.2 Å². The van der Waals surface area contributed by atoms with Gasteiger partial charge in [-0.25, -0.2) is 9.07 Å². The highest BCUT2D eigenvalue weighted by Gasteiger charge is 2.16. The summed E-state index contributed by atoms with van der Waals surface area (Å²) in [5, 5.41) is 11.0. The van der Waals surface area contributed by atoms with Crippen molar-refractivity contribution >= 4 is 17.7 Å². The summed E-state index contributed by atoms with van der Waals surface area (Å²) in [4.78, 5) is 11.7. The molecule has 0 unspecified atom stereocenters. The molecule has 0 spiro atoms. The Morgan fingerprint density at radius 3 is 2.83 bits per heavy atom. The number of nitrogens with zero attached hydrogens (tertiary/aromatic N) is 3. The lowest BCUT2D eigenvalue weighted by atomic mass is 10.1. The average Bonchev–Trinajstić information content (AvgIpc) is 2.86. The molecule has 124 valence electrons. The molecule has 8 heteroatoms. The number of carbonyl (C=O) groups is 1. The van der Waals surface area contributed by atoms with Crippen LogP contribution >= 0.6 is 11.8 Å². The van der Waals surface area contributed by atoms with Crippen molar-refractivity contribution in [1.82, 2.24) is 20.2 Å². The van der Waals surface area contributed by atoms with Crippen molar-refractivity contribution in [3.63, 3.8) is 0 Å². The van der Waals surface area contributed by atoms with E-state index in [1.807, 2.05) is 0 Å². The van der Waals surface area contributed by atoms with Crippen LogP contribution in [0.25, 0.3) is 11.4 Å². The second-order valence-electron chi connectivity index (χ2n) is 5.48. The summed E-state index contributed by atoms with van der Waals surface area (Å²) in [6, 6.07) is 6.20. The lowest BCUT2D eigenvalue weighted by Crippen LogP contribution is -2.27. The Morgan fingerprint density at radius 2 is 2.13 bits per heavy atom. The van der Waals surface area contributed by atoms with Gasteiger partial charge >= 0.3 is 0 Å². The molecule has 1 aromatic carbocycles. The van der Waals surface area contributed by atoms with Gasteiger partial charge in [0.25, 0.3) is 0 Å². The van der Waals surface area contributed by atoms with Gasteiger partial charge < -0.3 is 11.2 Å². The molecule has 0 aliphatic carbocycles. The zero-order chi connectivity index (χ0) is 16.8. The standard InChI is InChI=1S/C15H20FN5OS/c1-10(2)7-8-18-13(22)9-23-15-20-19-14(21(15)17)11-5-3-4-6-12(11)16/h3-6,10H,7-9,17H2,1-2H3,(H,18,22). The second kappa shape index (κ2) is 7.96. The van der Waals surface area contributed by atoms with Crippen molar-refractivity contribution in [2.24, 2.45) is 5.92 Å². The van der Waals surface area contributed by atoms with Crippen LogP contribution in [0.5, 0.6) is 0 Å². The number of amides is 1. The van der Waals surface area contributed by atoms with E-state index in [-0.39, 0.29) is 23.0 Å². The Balaban J connectivity index is 1.95. The Kier molecular flexibility index (Phi) is 5.97. The third-order valence-electron chi connectivity index (χ3n) is 3.16. The van der Waals surface area contributed by atoms with Crippen molar-refractivity contribution in [3.8, 4) is 11.4 Å². The van der Waals surface area contributed by atoms with Crippen LogP contribution in [0, 0.1) is 11.7 Å². The molecule has 1 aromatic heterocycles. The molecule has 23 heavy (non-hydrogen) atoms. The molecule has 0 bridgehead atoms. The minimum Gasteiger partial charge on any atom is -0.355 e. The maximum absolute atomic E-state index is 13.8. The second-order valence-corrected chi connectivity index (χ2v) is 6.42. The van der Waals surface area contributed by atoms with Gasteiger partial charge in [-0.1, -0.05) is 37.7 Å². The number of aromatic nitrogens is 3. The van der Waals surface area contributed by atoms with E-state index in [0.717, 1.165) is 6.42 Å². The van der Waals surface area contributed by atoms with Gasteiger partial charge in [-0.15, -0.1) is 10.2 Å². The molecule has 0 saturated heterocycles. The van der Waals surface area contributed by atoms with Gasteiger partial charge in [0.15, 0.2) is 5.82 Å². The summed E-state index contributed by atoms with van der Waals surface area (Å²) in [6.45, 7) is 4.84. The molecule has 0 atom stereocenters. The van der Waals surface area contributed by atoms with Crippen LogP contribution in [0.2, 0.25) is 0 Å². The van der Waals surface area contributed by atoms with E-state index in [0.29, 0.717) is 17.6 Å². The number of nitrogens with two attached hydrogens (primary N) is 1. The van der Waals surface area contributed by atoms with Crippen molar-refractivity contribution in [1.29, 1.82) is 0 Å². The van der Waals surface area contributed by atoms with Crippen LogP contribution in [0.15, 0.2) is 29.4 Å². The summed E-state index contributed by atoms with van der Waals surface area (Å²) in [7, 11) is 0. The summed E-state index contributed by atoms with van der Waals surface area (Å²) in [5.74, 6) is 6.34. The highest BCUT2D eigenvalue weighted by molar-refractivity contribution is 7.99. The molecule has 0 aliphatic heterocycles. The van der Waals surface area contributed by atoms with Crippen LogP contribution in [-0.2, 0) is 4.79 Å². The van der Waals surface area contributed by atoms with Gasteiger partial charge in [0, 0.05) is 6.54 Å². The normalized spacial score (nSPS) is 11.0. The first-order valence-corrected chi connectivity index (χ1v) is 8.32. The third-order valence-corrected chi connectivity index (χ3v) is 4.10. The van der Waals surface area contributed by atoms with Crippen LogP contribution in [0.1, 0.15) is 20.3 Å². The van der Waals surface area contributed by atoms with E-state index in [4.69, 9.17) is 5.84 Å². The van der Waals surface area contributed by atoms with Crippen LogP contribution in [0.3, 0.4) is 0 Å². The fourth-order valence-electron chi connectivity index (χ4n) is 1.88.